The zero-order chi connectivity index (χ0) is 16.8. The van der Waals surface area contributed by atoms with E-state index in [2.05, 4.69) is 10.5 Å². The number of alkyl halides is 5. The van der Waals surface area contributed by atoms with E-state index in [0.717, 1.165) is 11.0 Å². The van der Waals surface area contributed by atoms with Gasteiger partial charge in [0.05, 0.1) is 24.4 Å². The molecule has 1 N–H and O–H groups in total. The first-order valence-corrected chi connectivity index (χ1v) is 6.85. The zero-order valence-electron chi connectivity index (χ0n) is 11.8. The van der Waals surface area contributed by atoms with Crippen LogP contribution in [0.2, 0.25) is 0 Å². The lowest BCUT2D eigenvalue weighted by atomic mass is 9.98. The molecule has 2 aliphatic heterocycles. The Kier molecular flexibility index (Phi) is 3.53. The second-order valence-electron chi connectivity index (χ2n) is 5.54. The van der Waals surface area contributed by atoms with Crippen LogP contribution in [0.1, 0.15) is 24.0 Å². The fourth-order valence-corrected chi connectivity index (χ4v) is 2.58. The molecule has 4 nitrogen and oxygen atoms in total. The van der Waals surface area contributed by atoms with E-state index in [1.807, 2.05) is 0 Å². The summed E-state index contributed by atoms with van der Waals surface area (Å²) in [4.78, 5) is 12.0. The molecule has 0 atom stereocenters. The molecule has 1 aromatic rings. The van der Waals surface area contributed by atoms with Crippen LogP contribution in [0, 0.1) is 0 Å². The van der Waals surface area contributed by atoms with Crippen molar-refractivity contribution < 1.29 is 26.7 Å². The summed E-state index contributed by atoms with van der Waals surface area (Å²) in [5.74, 6) is -3.26. The normalized spacial score (nSPS) is 20.7. The number of amides is 1. The van der Waals surface area contributed by atoms with E-state index in [1.165, 1.54) is 12.1 Å². The van der Waals surface area contributed by atoms with Crippen LogP contribution in [0.3, 0.4) is 0 Å². The largest absolute Gasteiger partial charge is 0.418 e. The Hall–Kier alpha value is -2.19. The number of hydrogen-bond donors (Lipinski definition) is 1. The van der Waals surface area contributed by atoms with E-state index < -0.39 is 30.8 Å². The number of carbonyl (C=O) groups excluding carboxylic acids is 1. The van der Waals surface area contributed by atoms with Gasteiger partial charge in [-0.25, -0.2) is 14.2 Å². The number of hydrogen-bond acceptors (Lipinski definition) is 3. The monoisotopic (exact) mass is 333 g/mol. The average Bonchev–Trinajstić information content (AvgIpc) is 2.44. The summed E-state index contributed by atoms with van der Waals surface area (Å²) in [5, 5.41) is 3.75. The van der Waals surface area contributed by atoms with Crippen molar-refractivity contribution in [1.82, 2.24) is 5.43 Å². The van der Waals surface area contributed by atoms with Crippen LogP contribution in [0.15, 0.2) is 23.3 Å². The molecule has 0 aliphatic carbocycles. The van der Waals surface area contributed by atoms with Crippen molar-refractivity contribution in [2.75, 3.05) is 18.0 Å². The first-order valence-electron chi connectivity index (χ1n) is 6.85. The maximum absolute atomic E-state index is 13.2. The Balaban J connectivity index is 1.95. The molecule has 124 valence electrons. The molecular weight excluding hydrogens is 321 g/mol. The summed E-state index contributed by atoms with van der Waals surface area (Å²) in [6.07, 6.45) is -4.31. The number of carbonyl (C=O) groups is 1. The third-order valence-corrected chi connectivity index (χ3v) is 3.72. The smallest absolute Gasteiger partial charge is 0.359 e. The number of hydrazone groups is 1. The third-order valence-electron chi connectivity index (χ3n) is 3.72. The minimum absolute atomic E-state index is 0.139. The fourth-order valence-electron chi connectivity index (χ4n) is 2.58. The molecule has 23 heavy (non-hydrogen) atoms. The van der Waals surface area contributed by atoms with Crippen LogP contribution in [0.25, 0.3) is 0 Å². The van der Waals surface area contributed by atoms with E-state index in [0.29, 0.717) is 5.71 Å². The Bertz CT molecular complexity index is 675. The van der Waals surface area contributed by atoms with Crippen molar-refractivity contribution in [3.8, 4) is 0 Å². The molecular formula is C14H12F5N3O. The Morgan fingerprint density at radius 2 is 1.87 bits per heavy atom. The van der Waals surface area contributed by atoms with Crippen LogP contribution < -0.4 is 10.3 Å². The number of benzene rings is 1. The number of rotatable bonds is 2. The van der Waals surface area contributed by atoms with Crippen LogP contribution in [0.5, 0.6) is 0 Å². The summed E-state index contributed by atoms with van der Waals surface area (Å²) in [6, 6.07) is 3.46. The first-order chi connectivity index (χ1) is 10.7. The van der Waals surface area contributed by atoms with Gasteiger partial charge in [0, 0.05) is 18.5 Å². The minimum atomic E-state index is -4.67. The standard InChI is InChI=1S/C14H12F5N3O/c15-13(16)6-22(7-13)11-3-1-8(5-9(11)14(17,18)19)10-2-4-12(23)21-20-10/h1,3,5H,2,4,6-7H2,(H,21,23). The molecule has 0 radical (unpaired) electrons. The van der Waals surface area contributed by atoms with Crippen molar-refractivity contribution >= 4 is 17.3 Å². The molecule has 1 aromatic carbocycles. The molecule has 0 unspecified atom stereocenters. The van der Waals surface area contributed by atoms with Gasteiger partial charge in [-0.05, 0) is 17.7 Å². The quantitative estimate of drug-likeness (QED) is 0.846. The second-order valence-corrected chi connectivity index (χ2v) is 5.54. The highest BCUT2D eigenvalue weighted by Gasteiger charge is 2.47. The van der Waals surface area contributed by atoms with Crippen molar-refractivity contribution in [1.29, 1.82) is 0 Å². The number of anilines is 1. The lowest BCUT2D eigenvalue weighted by Gasteiger charge is -2.41. The summed E-state index contributed by atoms with van der Waals surface area (Å²) >= 11 is 0. The Labute approximate surface area is 128 Å². The maximum atomic E-state index is 13.2. The molecule has 1 saturated heterocycles. The highest BCUT2D eigenvalue weighted by Crippen LogP contribution is 2.41. The molecule has 2 aliphatic rings. The van der Waals surface area contributed by atoms with Gasteiger partial charge in [0.2, 0.25) is 5.91 Å². The lowest BCUT2D eigenvalue weighted by Crippen LogP contribution is -2.56. The molecule has 3 rings (SSSR count). The van der Waals surface area contributed by atoms with Gasteiger partial charge in [0.1, 0.15) is 0 Å². The van der Waals surface area contributed by atoms with E-state index in [4.69, 9.17) is 0 Å². The number of nitrogens with zero attached hydrogens (tertiary/aromatic N) is 2. The SMILES string of the molecule is O=C1CCC(c2ccc(N3CC(F)(F)C3)c(C(F)(F)F)c2)=NN1. The van der Waals surface area contributed by atoms with Gasteiger partial charge in [-0.1, -0.05) is 6.07 Å². The first kappa shape index (κ1) is 15.7. The molecule has 2 heterocycles. The van der Waals surface area contributed by atoms with Gasteiger partial charge in [-0.2, -0.15) is 18.3 Å². The molecule has 9 heteroatoms. The van der Waals surface area contributed by atoms with Gasteiger partial charge in [0.15, 0.2) is 0 Å². The molecule has 1 amide bonds. The van der Waals surface area contributed by atoms with Gasteiger partial charge in [0.25, 0.3) is 5.92 Å². The zero-order valence-corrected chi connectivity index (χ0v) is 11.8. The van der Waals surface area contributed by atoms with E-state index >= 15 is 0 Å². The van der Waals surface area contributed by atoms with Crippen LogP contribution in [0.4, 0.5) is 27.6 Å². The highest BCUT2D eigenvalue weighted by atomic mass is 19.4. The van der Waals surface area contributed by atoms with Gasteiger partial charge in [-0.3, -0.25) is 4.79 Å². The lowest BCUT2D eigenvalue weighted by molar-refractivity contribution is -0.137. The molecule has 0 saturated carbocycles. The van der Waals surface area contributed by atoms with Gasteiger partial charge < -0.3 is 4.90 Å². The van der Waals surface area contributed by atoms with E-state index in [-0.39, 0.29) is 30.0 Å². The predicted molar refractivity (Wildman–Crippen MR) is 72.5 cm³/mol. The summed E-state index contributed by atoms with van der Waals surface area (Å²) in [5.41, 5.74) is 1.51. The van der Waals surface area contributed by atoms with Crippen LogP contribution in [-0.2, 0) is 11.0 Å². The van der Waals surface area contributed by atoms with Crippen molar-refractivity contribution in [3.05, 3.63) is 29.3 Å². The van der Waals surface area contributed by atoms with Gasteiger partial charge in [-0.15, -0.1) is 0 Å². The maximum Gasteiger partial charge on any atom is 0.418 e. The fraction of sp³-hybridized carbons (Fsp3) is 0.429. The predicted octanol–water partition coefficient (Wildman–Crippen LogP) is 2.77. The summed E-state index contributed by atoms with van der Waals surface area (Å²) < 4.78 is 65.6. The van der Waals surface area contributed by atoms with Gasteiger partial charge >= 0.3 is 6.18 Å². The Morgan fingerprint density at radius 3 is 2.39 bits per heavy atom. The highest BCUT2D eigenvalue weighted by molar-refractivity contribution is 6.04. The van der Waals surface area contributed by atoms with E-state index in [1.54, 1.807) is 0 Å². The topological polar surface area (TPSA) is 44.7 Å². The molecule has 1 fully saturated rings. The second kappa shape index (κ2) is 5.17. The van der Waals surface area contributed by atoms with Crippen molar-refractivity contribution in [3.63, 3.8) is 0 Å². The van der Waals surface area contributed by atoms with Crippen molar-refractivity contribution in [2.24, 2.45) is 5.10 Å². The minimum Gasteiger partial charge on any atom is -0.359 e. The van der Waals surface area contributed by atoms with Crippen molar-refractivity contribution in [2.45, 2.75) is 24.9 Å². The number of nitrogens with one attached hydrogen (secondary N) is 1. The molecule has 0 spiro atoms. The molecule has 0 bridgehead atoms. The summed E-state index contributed by atoms with van der Waals surface area (Å²) in [7, 11) is 0. The average molecular weight is 333 g/mol. The van der Waals surface area contributed by atoms with Crippen LogP contribution in [-0.4, -0.2) is 30.6 Å². The Morgan fingerprint density at radius 1 is 1.17 bits per heavy atom. The summed E-state index contributed by atoms with van der Waals surface area (Å²) in [6.45, 7) is -1.46. The van der Waals surface area contributed by atoms with Crippen LogP contribution >= 0.6 is 0 Å². The number of halogens is 5. The molecule has 0 aromatic heterocycles. The third kappa shape index (κ3) is 3.13. The van der Waals surface area contributed by atoms with E-state index in [9.17, 15) is 26.7 Å².